The minimum atomic E-state index is 0.173. The van der Waals surface area contributed by atoms with E-state index in [1.807, 2.05) is 13.0 Å². The summed E-state index contributed by atoms with van der Waals surface area (Å²) in [7, 11) is 0. The second-order valence-corrected chi connectivity index (χ2v) is 3.86. The smallest absolute Gasteiger partial charge is 0.198 e. The Hall–Kier alpha value is -1.05. The number of hydrogen-bond acceptors (Lipinski definition) is 2. The molecular formula is C11H14O2. The number of Topliss-reactive ketones (excluding diaryl/α,β-unsaturated/α-hetero) is 1. The Morgan fingerprint density at radius 2 is 2.38 bits per heavy atom. The van der Waals surface area contributed by atoms with Crippen molar-refractivity contribution in [3.63, 3.8) is 0 Å². The second kappa shape index (κ2) is 3.36. The van der Waals surface area contributed by atoms with Gasteiger partial charge in [0, 0.05) is 6.42 Å². The van der Waals surface area contributed by atoms with Gasteiger partial charge in [-0.1, -0.05) is 6.42 Å². The van der Waals surface area contributed by atoms with Crippen LogP contribution in [0.15, 0.2) is 16.7 Å². The predicted octanol–water partition coefficient (Wildman–Crippen LogP) is 2.96. The van der Waals surface area contributed by atoms with Gasteiger partial charge in [0.05, 0.1) is 6.26 Å². The average Bonchev–Trinajstić information content (AvgIpc) is 2.43. The number of carbonyl (C=O) groups excluding carboxylic acids is 1. The molecule has 0 saturated heterocycles. The number of hydrogen-bond donors (Lipinski definition) is 0. The zero-order chi connectivity index (χ0) is 9.26. The molecule has 70 valence electrons. The van der Waals surface area contributed by atoms with Crippen LogP contribution in [0, 0.1) is 12.8 Å². The Morgan fingerprint density at radius 1 is 1.62 bits per heavy atom. The Labute approximate surface area is 77.9 Å². The molecule has 0 bridgehead atoms. The molecule has 1 aliphatic rings. The van der Waals surface area contributed by atoms with E-state index in [4.69, 9.17) is 4.42 Å². The molecule has 2 nitrogen and oxygen atoms in total. The van der Waals surface area contributed by atoms with E-state index in [-0.39, 0.29) is 5.78 Å². The van der Waals surface area contributed by atoms with Crippen LogP contribution in [0.25, 0.3) is 0 Å². The van der Waals surface area contributed by atoms with E-state index in [2.05, 4.69) is 0 Å². The van der Waals surface area contributed by atoms with Gasteiger partial charge in [0.2, 0.25) is 0 Å². The first-order valence-corrected chi connectivity index (χ1v) is 4.84. The molecule has 2 heteroatoms. The monoisotopic (exact) mass is 178 g/mol. The summed E-state index contributed by atoms with van der Waals surface area (Å²) in [6.45, 7) is 1.91. The molecule has 0 unspecified atom stereocenters. The molecule has 1 aromatic heterocycles. The molecule has 13 heavy (non-hydrogen) atoms. The van der Waals surface area contributed by atoms with Gasteiger partial charge in [-0.2, -0.15) is 0 Å². The predicted molar refractivity (Wildman–Crippen MR) is 49.7 cm³/mol. The molecule has 1 aromatic rings. The van der Waals surface area contributed by atoms with Crippen molar-refractivity contribution >= 4 is 5.78 Å². The van der Waals surface area contributed by atoms with Crippen molar-refractivity contribution in [2.45, 2.75) is 32.6 Å². The topological polar surface area (TPSA) is 30.2 Å². The number of carbonyl (C=O) groups is 1. The summed E-state index contributed by atoms with van der Waals surface area (Å²) in [5, 5.41) is 0. The van der Waals surface area contributed by atoms with Crippen molar-refractivity contribution < 1.29 is 9.21 Å². The lowest BCUT2D eigenvalue weighted by Gasteiger charge is -2.23. The van der Waals surface area contributed by atoms with Crippen LogP contribution in [0.3, 0.4) is 0 Å². The van der Waals surface area contributed by atoms with Gasteiger partial charge in [0.25, 0.3) is 0 Å². The normalized spacial score (nSPS) is 17.0. The third kappa shape index (κ3) is 1.67. The van der Waals surface area contributed by atoms with Crippen LogP contribution in [0.5, 0.6) is 0 Å². The summed E-state index contributed by atoms with van der Waals surface area (Å²) in [5.74, 6) is 1.36. The van der Waals surface area contributed by atoms with Crippen LogP contribution in [-0.4, -0.2) is 5.78 Å². The lowest BCUT2D eigenvalue weighted by Crippen LogP contribution is -2.15. The molecule has 0 aliphatic heterocycles. The number of ketones is 1. The number of furan rings is 1. The third-order valence-electron chi connectivity index (χ3n) is 2.81. The third-order valence-corrected chi connectivity index (χ3v) is 2.81. The largest absolute Gasteiger partial charge is 0.461 e. The highest BCUT2D eigenvalue weighted by Gasteiger charge is 2.23. The van der Waals surface area contributed by atoms with Crippen LogP contribution in [0.2, 0.25) is 0 Å². The van der Waals surface area contributed by atoms with Gasteiger partial charge >= 0.3 is 0 Å². The summed E-state index contributed by atoms with van der Waals surface area (Å²) in [5.41, 5.74) is 0.962. The van der Waals surface area contributed by atoms with Crippen LogP contribution in [0.4, 0.5) is 0 Å². The lowest BCUT2D eigenvalue weighted by atomic mass is 9.81. The molecule has 1 heterocycles. The van der Waals surface area contributed by atoms with Crippen LogP contribution < -0.4 is 0 Å². The van der Waals surface area contributed by atoms with Crippen LogP contribution in [0.1, 0.15) is 41.8 Å². The quantitative estimate of drug-likeness (QED) is 0.666. The fourth-order valence-corrected chi connectivity index (χ4v) is 1.71. The van der Waals surface area contributed by atoms with E-state index in [0.29, 0.717) is 18.1 Å². The SMILES string of the molecule is Cc1ccoc1C(=O)CC1CCC1. The highest BCUT2D eigenvalue weighted by molar-refractivity contribution is 5.94. The van der Waals surface area contributed by atoms with Crippen molar-refractivity contribution in [3.8, 4) is 0 Å². The molecule has 1 fully saturated rings. The average molecular weight is 178 g/mol. The first-order valence-electron chi connectivity index (χ1n) is 4.84. The maximum Gasteiger partial charge on any atom is 0.198 e. The van der Waals surface area contributed by atoms with Gasteiger partial charge in [-0.25, -0.2) is 0 Å². The van der Waals surface area contributed by atoms with Gasteiger partial charge in [0.1, 0.15) is 0 Å². The Balaban J connectivity index is 2.00. The Bertz CT molecular complexity index is 308. The molecule has 1 saturated carbocycles. The molecule has 1 aliphatic carbocycles. The molecule has 2 rings (SSSR count). The van der Waals surface area contributed by atoms with Crippen molar-refractivity contribution in [1.82, 2.24) is 0 Å². The zero-order valence-electron chi connectivity index (χ0n) is 7.88. The molecule has 0 spiro atoms. The number of aryl methyl sites for hydroxylation is 1. The van der Waals surface area contributed by atoms with Crippen molar-refractivity contribution in [3.05, 3.63) is 23.7 Å². The Morgan fingerprint density at radius 3 is 2.85 bits per heavy atom. The van der Waals surface area contributed by atoms with Crippen molar-refractivity contribution in [2.24, 2.45) is 5.92 Å². The molecular weight excluding hydrogens is 164 g/mol. The molecule has 0 radical (unpaired) electrons. The maximum absolute atomic E-state index is 11.6. The minimum absolute atomic E-state index is 0.173. The van der Waals surface area contributed by atoms with Gasteiger partial charge in [0.15, 0.2) is 11.5 Å². The van der Waals surface area contributed by atoms with Crippen molar-refractivity contribution in [1.29, 1.82) is 0 Å². The molecule has 0 amide bonds. The number of rotatable bonds is 3. The highest BCUT2D eigenvalue weighted by atomic mass is 16.3. The van der Waals surface area contributed by atoms with Crippen LogP contribution >= 0.6 is 0 Å². The summed E-state index contributed by atoms with van der Waals surface area (Å²) in [6.07, 6.45) is 5.98. The van der Waals surface area contributed by atoms with E-state index in [1.54, 1.807) is 6.26 Å². The van der Waals surface area contributed by atoms with E-state index in [9.17, 15) is 4.79 Å². The summed E-state index contributed by atoms with van der Waals surface area (Å²) >= 11 is 0. The van der Waals surface area contributed by atoms with E-state index < -0.39 is 0 Å². The molecule has 0 aromatic carbocycles. The van der Waals surface area contributed by atoms with Gasteiger partial charge in [-0.3, -0.25) is 4.79 Å². The fourth-order valence-electron chi connectivity index (χ4n) is 1.71. The summed E-state index contributed by atoms with van der Waals surface area (Å²) < 4.78 is 5.15. The maximum atomic E-state index is 11.6. The van der Waals surface area contributed by atoms with E-state index >= 15 is 0 Å². The molecule has 0 N–H and O–H groups in total. The first kappa shape index (κ1) is 8.54. The summed E-state index contributed by atoms with van der Waals surface area (Å²) in [6, 6.07) is 1.84. The van der Waals surface area contributed by atoms with Crippen LogP contribution in [-0.2, 0) is 0 Å². The Kier molecular flexibility index (Phi) is 2.21. The van der Waals surface area contributed by atoms with E-state index in [1.165, 1.54) is 19.3 Å². The second-order valence-electron chi connectivity index (χ2n) is 3.86. The minimum Gasteiger partial charge on any atom is -0.461 e. The molecule has 0 atom stereocenters. The summed E-state index contributed by atoms with van der Waals surface area (Å²) in [4.78, 5) is 11.6. The van der Waals surface area contributed by atoms with Gasteiger partial charge < -0.3 is 4.42 Å². The zero-order valence-corrected chi connectivity index (χ0v) is 7.88. The fraction of sp³-hybridized carbons (Fsp3) is 0.545. The highest BCUT2D eigenvalue weighted by Crippen LogP contribution is 2.30. The van der Waals surface area contributed by atoms with Gasteiger partial charge in [-0.15, -0.1) is 0 Å². The van der Waals surface area contributed by atoms with Gasteiger partial charge in [-0.05, 0) is 37.3 Å². The lowest BCUT2D eigenvalue weighted by molar-refractivity contribution is 0.0908. The van der Waals surface area contributed by atoms with Crippen molar-refractivity contribution in [2.75, 3.05) is 0 Å². The van der Waals surface area contributed by atoms with E-state index in [0.717, 1.165) is 5.56 Å². The standard InChI is InChI=1S/C11H14O2/c1-8-5-6-13-11(8)10(12)7-9-3-2-4-9/h5-6,9H,2-4,7H2,1H3. The first-order chi connectivity index (χ1) is 6.27.